The molecule has 9 heteroatoms. The molecule has 8 nitrogen and oxygen atoms in total. The average Bonchev–Trinajstić information content (AvgIpc) is 2.31. The van der Waals surface area contributed by atoms with Crippen LogP contribution in [0.1, 0.15) is 5.56 Å². The highest BCUT2D eigenvalue weighted by molar-refractivity contribution is 8.13. The fourth-order valence-corrected chi connectivity index (χ4v) is 1.15. The molecule has 0 atom stereocenters. The molecule has 0 aliphatic carbocycles. The Morgan fingerprint density at radius 2 is 2.17 bits per heavy atom. The number of benzene rings is 1. The van der Waals surface area contributed by atoms with Crippen LogP contribution in [0.25, 0.3) is 0 Å². The van der Waals surface area contributed by atoms with E-state index >= 15 is 0 Å². The summed E-state index contributed by atoms with van der Waals surface area (Å²) in [5.74, 6) is -0.971. The standard InChI is InChI=1S/C9H10N4O4S/c1-18-9(10)12-11-4-5-2-6(13(16)17)8(15)3-7(5)14/h2-4,14-15H,1H3,(H2,10,12)/b11-4-. The Balaban J connectivity index is 3.10. The van der Waals surface area contributed by atoms with Gasteiger partial charge in [-0.15, -0.1) is 5.10 Å². The van der Waals surface area contributed by atoms with Gasteiger partial charge in [-0.3, -0.25) is 10.1 Å². The van der Waals surface area contributed by atoms with Gasteiger partial charge < -0.3 is 15.9 Å². The normalized spacial score (nSPS) is 11.9. The Morgan fingerprint density at radius 1 is 1.50 bits per heavy atom. The third-order valence-electron chi connectivity index (χ3n) is 1.88. The van der Waals surface area contributed by atoms with Gasteiger partial charge in [0.15, 0.2) is 10.9 Å². The van der Waals surface area contributed by atoms with E-state index in [0.29, 0.717) is 0 Å². The number of hydrogen-bond acceptors (Lipinski definition) is 7. The molecule has 0 aliphatic heterocycles. The lowest BCUT2D eigenvalue weighted by molar-refractivity contribution is -0.385. The molecule has 18 heavy (non-hydrogen) atoms. The molecule has 0 spiro atoms. The van der Waals surface area contributed by atoms with Crippen LogP contribution in [0.3, 0.4) is 0 Å². The lowest BCUT2D eigenvalue weighted by Crippen LogP contribution is -2.03. The van der Waals surface area contributed by atoms with Crippen LogP contribution in [-0.2, 0) is 0 Å². The fraction of sp³-hybridized carbons (Fsp3) is 0.111. The van der Waals surface area contributed by atoms with Gasteiger partial charge in [-0.05, 0) is 6.26 Å². The van der Waals surface area contributed by atoms with Crippen molar-refractivity contribution in [3.05, 3.63) is 27.8 Å². The zero-order valence-corrected chi connectivity index (χ0v) is 10.1. The van der Waals surface area contributed by atoms with E-state index in [1.165, 1.54) is 11.8 Å². The lowest BCUT2D eigenvalue weighted by Gasteiger charge is -2.00. The smallest absolute Gasteiger partial charge is 0.311 e. The summed E-state index contributed by atoms with van der Waals surface area (Å²) in [5.41, 5.74) is 4.89. The number of phenols is 2. The number of nitrogens with zero attached hydrogens (tertiary/aromatic N) is 3. The summed E-state index contributed by atoms with van der Waals surface area (Å²) in [7, 11) is 0. The maximum absolute atomic E-state index is 10.6. The zero-order chi connectivity index (χ0) is 13.7. The Morgan fingerprint density at radius 3 is 2.72 bits per heavy atom. The van der Waals surface area contributed by atoms with Gasteiger partial charge in [0.25, 0.3) is 0 Å². The average molecular weight is 270 g/mol. The molecule has 0 amide bonds. The van der Waals surface area contributed by atoms with Crippen LogP contribution in [0.5, 0.6) is 11.5 Å². The summed E-state index contributed by atoms with van der Waals surface area (Å²) in [6.45, 7) is 0. The minimum Gasteiger partial charge on any atom is -0.507 e. The van der Waals surface area contributed by atoms with E-state index < -0.39 is 16.4 Å². The molecule has 4 N–H and O–H groups in total. The second-order valence-corrected chi connectivity index (χ2v) is 3.87. The molecular weight excluding hydrogens is 260 g/mol. The predicted molar refractivity (Wildman–Crippen MR) is 69.2 cm³/mol. The largest absolute Gasteiger partial charge is 0.507 e. The molecule has 0 radical (unpaired) electrons. The number of nitrogens with two attached hydrogens (primary N) is 1. The van der Waals surface area contributed by atoms with Gasteiger partial charge in [0.2, 0.25) is 0 Å². The van der Waals surface area contributed by atoms with Crippen molar-refractivity contribution in [3.8, 4) is 11.5 Å². The summed E-state index contributed by atoms with van der Waals surface area (Å²) < 4.78 is 0. The highest BCUT2D eigenvalue weighted by atomic mass is 32.2. The summed E-state index contributed by atoms with van der Waals surface area (Å²) in [4.78, 5) is 9.81. The molecule has 0 aromatic heterocycles. The molecule has 96 valence electrons. The number of rotatable bonds is 3. The van der Waals surface area contributed by atoms with E-state index in [2.05, 4.69) is 10.2 Å². The number of amidine groups is 1. The van der Waals surface area contributed by atoms with Crippen LogP contribution < -0.4 is 5.73 Å². The number of nitro groups is 1. The zero-order valence-electron chi connectivity index (χ0n) is 9.27. The van der Waals surface area contributed by atoms with Gasteiger partial charge in [-0.25, -0.2) is 0 Å². The van der Waals surface area contributed by atoms with Crippen LogP contribution in [0.2, 0.25) is 0 Å². The number of phenolic OH excluding ortho intramolecular Hbond substituents is 2. The quantitative estimate of drug-likeness (QED) is 0.325. The molecule has 0 saturated heterocycles. The van der Waals surface area contributed by atoms with Crippen molar-refractivity contribution < 1.29 is 15.1 Å². The fourth-order valence-electron chi connectivity index (χ4n) is 1.02. The first-order valence-corrected chi connectivity index (χ1v) is 5.79. The Hall–Kier alpha value is -2.29. The van der Waals surface area contributed by atoms with Gasteiger partial charge in [0.05, 0.1) is 11.1 Å². The van der Waals surface area contributed by atoms with Crippen LogP contribution in [0.4, 0.5) is 5.69 Å². The number of hydrogen-bond donors (Lipinski definition) is 3. The monoisotopic (exact) mass is 270 g/mol. The van der Waals surface area contributed by atoms with Gasteiger partial charge >= 0.3 is 5.69 Å². The van der Waals surface area contributed by atoms with Crippen molar-refractivity contribution in [2.75, 3.05) is 6.26 Å². The van der Waals surface area contributed by atoms with Gasteiger partial charge in [0, 0.05) is 17.7 Å². The molecule has 1 rings (SSSR count). The van der Waals surface area contributed by atoms with Gasteiger partial charge in [-0.2, -0.15) is 5.10 Å². The number of aromatic hydroxyl groups is 2. The van der Waals surface area contributed by atoms with Crippen molar-refractivity contribution in [3.63, 3.8) is 0 Å². The Kier molecular flexibility index (Phi) is 4.49. The summed E-state index contributed by atoms with van der Waals surface area (Å²) in [6.07, 6.45) is 2.81. The maximum Gasteiger partial charge on any atom is 0.311 e. The van der Waals surface area contributed by atoms with E-state index in [4.69, 9.17) is 5.73 Å². The molecule has 0 bridgehead atoms. The maximum atomic E-state index is 10.6. The summed E-state index contributed by atoms with van der Waals surface area (Å²) in [6, 6.07) is 1.85. The lowest BCUT2D eigenvalue weighted by atomic mass is 10.2. The first kappa shape index (κ1) is 13.8. The van der Waals surface area contributed by atoms with Crippen molar-refractivity contribution in [2.24, 2.45) is 15.9 Å². The first-order chi connectivity index (χ1) is 8.45. The van der Waals surface area contributed by atoms with Crippen LogP contribution >= 0.6 is 11.8 Å². The molecule has 0 aliphatic rings. The topological polar surface area (TPSA) is 134 Å². The van der Waals surface area contributed by atoms with E-state index in [-0.39, 0.29) is 16.5 Å². The number of thioether (sulfide) groups is 1. The van der Waals surface area contributed by atoms with E-state index in [1.807, 2.05) is 0 Å². The highest BCUT2D eigenvalue weighted by Gasteiger charge is 2.16. The van der Waals surface area contributed by atoms with Crippen LogP contribution in [0, 0.1) is 10.1 Å². The van der Waals surface area contributed by atoms with Crippen molar-refractivity contribution >= 4 is 28.8 Å². The van der Waals surface area contributed by atoms with Gasteiger partial charge in [-0.1, -0.05) is 11.8 Å². The molecule has 0 saturated carbocycles. The third-order valence-corrected chi connectivity index (χ3v) is 2.38. The minimum absolute atomic E-state index is 0.0529. The van der Waals surface area contributed by atoms with Crippen LogP contribution in [0.15, 0.2) is 22.3 Å². The van der Waals surface area contributed by atoms with Gasteiger partial charge in [0.1, 0.15) is 5.75 Å². The predicted octanol–water partition coefficient (Wildman–Crippen LogP) is 1.02. The number of nitro benzene ring substituents is 1. The molecule has 0 fully saturated rings. The van der Waals surface area contributed by atoms with E-state index in [1.54, 1.807) is 6.26 Å². The second-order valence-electron chi connectivity index (χ2n) is 3.04. The van der Waals surface area contributed by atoms with E-state index in [9.17, 15) is 20.3 Å². The van der Waals surface area contributed by atoms with Crippen molar-refractivity contribution in [1.82, 2.24) is 0 Å². The third kappa shape index (κ3) is 3.35. The molecule has 0 unspecified atom stereocenters. The SMILES string of the molecule is CS/C(N)=N/N=C\c1cc([N+](=O)[O-])c(O)cc1O. The minimum atomic E-state index is -0.772. The highest BCUT2D eigenvalue weighted by Crippen LogP contribution is 2.31. The molecular formula is C9H10N4O4S. The Bertz CT molecular complexity index is 530. The summed E-state index contributed by atoms with van der Waals surface area (Å²) >= 11 is 1.18. The van der Waals surface area contributed by atoms with Crippen molar-refractivity contribution in [2.45, 2.75) is 0 Å². The molecule has 1 aromatic rings. The van der Waals surface area contributed by atoms with Crippen molar-refractivity contribution in [1.29, 1.82) is 0 Å². The Labute approximate surface area is 106 Å². The van der Waals surface area contributed by atoms with E-state index in [0.717, 1.165) is 18.3 Å². The molecule has 1 aromatic carbocycles. The second kappa shape index (κ2) is 5.87. The first-order valence-electron chi connectivity index (χ1n) is 4.56. The molecule has 0 heterocycles. The van der Waals surface area contributed by atoms with Crippen LogP contribution in [-0.4, -0.2) is 32.8 Å². The summed E-state index contributed by atoms with van der Waals surface area (Å²) in [5, 5.41) is 36.6.